The van der Waals surface area contributed by atoms with E-state index in [9.17, 15) is 9.18 Å². The number of esters is 1. The Bertz CT molecular complexity index is 407. The molecule has 1 aromatic rings. The SMILES string of the molecule is COC(=O)C1CN(c2ccc(F)cn2)CC1C. The summed E-state index contributed by atoms with van der Waals surface area (Å²) in [6.45, 7) is 3.32. The minimum atomic E-state index is -0.356. The van der Waals surface area contributed by atoms with Crippen LogP contribution in [-0.4, -0.2) is 31.2 Å². The fraction of sp³-hybridized carbons (Fsp3) is 0.500. The van der Waals surface area contributed by atoms with E-state index in [0.717, 1.165) is 6.54 Å². The summed E-state index contributed by atoms with van der Waals surface area (Å²) >= 11 is 0. The molecule has 0 aromatic carbocycles. The van der Waals surface area contributed by atoms with E-state index in [1.54, 1.807) is 6.07 Å². The average Bonchev–Trinajstić information content (AvgIpc) is 2.71. The smallest absolute Gasteiger partial charge is 0.310 e. The lowest BCUT2D eigenvalue weighted by atomic mass is 9.99. The number of ether oxygens (including phenoxy) is 1. The third-order valence-electron chi connectivity index (χ3n) is 3.15. The number of hydrogen-bond acceptors (Lipinski definition) is 4. The minimum absolute atomic E-state index is 0.133. The van der Waals surface area contributed by atoms with Crippen molar-refractivity contribution in [2.45, 2.75) is 6.92 Å². The van der Waals surface area contributed by atoms with E-state index in [0.29, 0.717) is 12.4 Å². The molecule has 1 aliphatic rings. The van der Waals surface area contributed by atoms with Crippen LogP contribution in [0.5, 0.6) is 0 Å². The lowest BCUT2D eigenvalue weighted by molar-refractivity contribution is -0.145. The van der Waals surface area contributed by atoms with Crippen LogP contribution < -0.4 is 4.90 Å². The summed E-state index contributed by atoms with van der Waals surface area (Å²) in [5.41, 5.74) is 0. The Hall–Kier alpha value is -1.65. The van der Waals surface area contributed by atoms with Gasteiger partial charge in [-0.15, -0.1) is 0 Å². The molecule has 0 saturated carbocycles. The lowest BCUT2D eigenvalue weighted by Crippen LogP contribution is -2.24. The number of hydrogen-bond donors (Lipinski definition) is 0. The maximum atomic E-state index is 12.8. The summed E-state index contributed by atoms with van der Waals surface area (Å²) in [6.07, 6.45) is 1.19. The number of anilines is 1. The van der Waals surface area contributed by atoms with Crippen molar-refractivity contribution in [2.75, 3.05) is 25.1 Å². The molecule has 2 rings (SSSR count). The molecule has 0 spiro atoms. The fourth-order valence-electron chi connectivity index (χ4n) is 2.17. The molecule has 2 unspecified atom stereocenters. The van der Waals surface area contributed by atoms with E-state index >= 15 is 0 Å². The molecule has 0 amide bonds. The average molecular weight is 238 g/mol. The van der Waals surface area contributed by atoms with Gasteiger partial charge in [0, 0.05) is 13.1 Å². The largest absolute Gasteiger partial charge is 0.469 e. The summed E-state index contributed by atoms with van der Waals surface area (Å²) < 4.78 is 17.5. The lowest BCUT2D eigenvalue weighted by Gasteiger charge is -2.16. The zero-order valence-electron chi connectivity index (χ0n) is 9.89. The Morgan fingerprint density at radius 1 is 1.53 bits per heavy atom. The third-order valence-corrected chi connectivity index (χ3v) is 3.15. The second-order valence-electron chi connectivity index (χ2n) is 4.35. The van der Waals surface area contributed by atoms with Gasteiger partial charge in [0.2, 0.25) is 0 Å². The molecule has 2 heterocycles. The van der Waals surface area contributed by atoms with Gasteiger partial charge >= 0.3 is 5.97 Å². The molecule has 0 bridgehead atoms. The number of pyridine rings is 1. The summed E-state index contributed by atoms with van der Waals surface area (Å²) in [7, 11) is 1.40. The van der Waals surface area contributed by atoms with Crippen LogP contribution in [0.1, 0.15) is 6.92 Å². The molecule has 1 aliphatic heterocycles. The van der Waals surface area contributed by atoms with E-state index in [4.69, 9.17) is 4.74 Å². The van der Waals surface area contributed by atoms with Gasteiger partial charge in [0.15, 0.2) is 0 Å². The first-order valence-corrected chi connectivity index (χ1v) is 5.56. The van der Waals surface area contributed by atoms with E-state index in [1.807, 2.05) is 11.8 Å². The highest BCUT2D eigenvalue weighted by Crippen LogP contribution is 2.27. The molecule has 0 aliphatic carbocycles. The topological polar surface area (TPSA) is 42.4 Å². The van der Waals surface area contributed by atoms with Gasteiger partial charge in [-0.25, -0.2) is 9.37 Å². The van der Waals surface area contributed by atoms with Gasteiger partial charge < -0.3 is 9.64 Å². The first-order chi connectivity index (χ1) is 8.11. The molecular weight excluding hydrogens is 223 g/mol. The first kappa shape index (κ1) is 11.8. The number of halogens is 1. The van der Waals surface area contributed by atoms with Gasteiger partial charge in [-0.05, 0) is 18.1 Å². The van der Waals surface area contributed by atoms with Gasteiger partial charge in [-0.2, -0.15) is 0 Å². The van der Waals surface area contributed by atoms with Gasteiger partial charge in [0.1, 0.15) is 11.6 Å². The monoisotopic (exact) mass is 238 g/mol. The second-order valence-corrected chi connectivity index (χ2v) is 4.35. The van der Waals surface area contributed by atoms with Crippen molar-refractivity contribution in [3.63, 3.8) is 0 Å². The predicted molar refractivity (Wildman–Crippen MR) is 61.1 cm³/mol. The van der Waals surface area contributed by atoms with Crippen molar-refractivity contribution in [3.05, 3.63) is 24.1 Å². The van der Waals surface area contributed by atoms with Crippen molar-refractivity contribution in [1.29, 1.82) is 0 Å². The molecule has 5 heteroatoms. The molecule has 1 fully saturated rings. The van der Waals surface area contributed by atoms with Crippen LogP contribution >= 0.6 is 0 Å². The van der Waals surface area contributed by atoms with Crippen molar-refractivity contribution >= 4 is 11.8 Å². The van der Waals surface area contributed by atoms with E-state index in [2.05, 4.69) is 4.98 Å². The Labute approximate surface area is 99.4 Å². The number of methoxy groups -OCH3 is 1. The summed E-state index contributed by atoms with van der Waals surface area (Å²) in [4.78, 5) is 17.5. The molecule has 4 nitrogen and oxygen atoms in total. The van der Waals surface area contributed by atoms with Gasteiger partial charge in [-0.3, -0.25) is 4.79 Å². The number of carbonyl (C=O) groups excluding carboxylic acids is 1. The summed E-state index contributed by atoms with van der Waals surface area (Å²) in [5.74, 6) is 0.235. The number of carbonyl (C=O) groups is 1. The molecule has 17 heavy (non-hydrogen) atoms. The number of rotatable bonds is 2. The summed E-state index contributed by atoms with van der Waals surface area (Å²) in [5, 5.41) is 0. The molecule has 0 N–H and O–H groups in total. The first-order valence-electron chi connectivity index (χ1n) is 5.56. The highest BCUT2D eigenvalue weighted by molar-refractivity contribution is 5.74. The highest BCUT2D eigenvalue weighted by atomic mass is 19.1. The Balaban J connectivity index is 2.10. The van der Waals surface area contributed by atoms with Gasteiger partial charge in [-0.1, -0.05) is 6.92 Å². The van der Waals surface area contributed by atoms with Crippen molar-refractivity contribution < 1.29 is 13.9 Å². The van der Waals surface area contributed by atoms with Crippen molar-refractivity contribution in [3.8, 4) is 0 Å². The van der Waals surface area contributed by atoms with Crippen LogP contribution in [0.15, 0.2) is 18.3 Å². The molecule has 2 atom stereocenters. The quantitative estimate of drug-likeness (QED) is 0.732. The summed E-state index contributed by atoms with van der Waals surface area (Å²) in [6, 6.07) is 3.00. The van der Waals surface area contributed by atoms with Crippen LogP contribution in [0.25, 0.3) is 0 Å². The number of nitrogens with zero attached hydrogens (tertiary/aromatic N) is 2. The second kappa shape index (κ2) is 4.69. The Morgan fingerprint density at radius 2 is 2.29 bits per heavy atom. The molecule has 1 aromatic heterocycles. The van der Waals surface area contributed by atoms with Crippen LogP contribution in [0.2, 0.25) is 0 Å². The third kappa shape index (κ3) is 2.38. The predicted octanol–water partition coefficient (Wildman–Crippen LogP) is 1.47. The Morgan fingerprint density at radius 3 is 2.88 bits per heavy atom. The molecule has 0 radical (unpaired) electrons. The van der Waals surface area contributed by atoms with E-state index < -0.39 is 0 Å². The standard InChI is InChI=1S/C12H15FN2O2/c1-8-6-15(7-10(8)12(16)17-2)11-4-3-9(13)5-14-11/h3-5,8,10H,6-7H2,1-2H3. The van der Waals surface area contributed by atoms with Gasteiger partial charge in [0.25, 0.3) is 0 Å². The Kier molecular flexibility index (Phi) is 3.26. The highest BCUT2D eigenvalue weighted by Gasteiger charge is 2.35. The minimum Gasteiger partial charge on any atom is -0.469 e. The van der Waals surface area contributed by atoms with Crippen LogP contribution in [0.3, 0.4) is 0 Å². The van der Waals surface area contributed by atoms with Gasteiger partial charge in [0.05, 0.1) is 19.2 Å². The molecular formula is C12H15FN2O2. The van der Waals surface area contributed by atoms with Crippen molar-refractivity contribution in [2.24, 2.45) is 11.8 Å². The maximum Gasteiger partial charge on any atom is 0.310 e. The molecule has 92 valence electrons. The molecule has 1 saturated heterocycles. The van der Waals surface area contributed by atoms with E-state index in [-0.39, 0.29) is 23.6 Å². The zero-order chi connectivity index (χ0) is 12.4. The number of aromatic nitrogens is 1. The van der Waals surface area contributed by atoms with E-state index in [1.165, 1.54) is 19.4 Å². The zero-order valence-corrected chi connectivity index (χ0v) is 9.89. The normalized spacial score (nSPS) is 23.8. The van der Waals surface area contributed by atoms with Crippen LogP contribution in [0.4, 0.5) is 10.2 Å². The van der Waals surface area contributed by atoms with Crippen LogP contribution in [-0.2, 0) is 9.53 Å². The van der Waals surface area contributed by atoms with Crippen LogP contribution in [0, 0.1) is 17.7 Å². The fourth-order valence-corrected chi connectivity index (χ4v) is 2.17. The van der Waals surface area contributed by atoms with Crippen molar-refractivity contribution in [1.82, 2.24) is 4.98 Å². The maximum absolute atomic E-state index is 12.8.